The van der Waals surface area contributed by atoms with E-state index in [4.69, 9.17) is 14.2 Å². The third-order valence-electron chi connectivity index (χ3n) is 6.06. The lowest BCUT2D eigenvalue weighted by Gasteiger charge is -2.36. The van der Waals surface area contributed by atoms with Crippen LogP contribution in [0.15, 0.2) is 55.1 Å². The van der Waals surface area contributed by atoms with Crippen molar-refractivity contribution in [1.82, 2.24) is 4.90 Å². The van der Waals surface area contributed by atoms with E-state index in [0.717, 1.165) is 32.9 Å². The average molecular weight is 418 g/mol. The molecular formula is C26H27NO4. The van der Waals surface area contributed by atoms with Crippen molar-refractivity contribution < 1.29 is 19.0 Å². The molecule has 0 saturated carbocycles. The summed E-state index contributed by atoms with van der Waals surface area (Å²) in [5.41, 5.74) is 2.36. The zero-order valence-electron chi connectivity index (χ0n) is 18.4. The summed E-state index contributed by atoms with van der Waals surface area (Å²) < 4.78 is 16.7. The van der Waals surface area contributed by atoms with E-state index in [9.17, 15) is 4.79 Å². The molecule has 5 nitrogen and oxygen atoms in total. The molecule has 0 N–H and O–H groups in total. The molecule has 0 fully saturated rings. The van der Waals surface area contributed by atoms with Gasteiger partial charge in [0.05, 0.1) is 27.4 Å². The predicted molar refractivity (Wildman–Crippen MR) is 124 cm³/mol. The van der Waals surface area contributed by atoms with Gasteiger partial charge < -0.3 is 19.1 Å². The van der Waals surface area contributed by atoms with Crippen LogP contribution < -0.4 is 14.2 Å². The Hall–Kier alpha value is -3.47. The molecule has 0 spiro atoms. The van der Waals surface area contributed by atoms with Crippen molar-refractivity contribution in [2.24, 2.45) is 0 Å². The maximum absolute atomic E-state index is 12.8. The lowest BCUT2D eigenvalue weighted by molar-refractivity contribution is -0.128. The highest BCUT2D eigenvalue weighted by Crippen LogP contribution is 2.43. The summed E-state index contributed by atoms with van der Waals surface area (Å²) >= 11 is 0. The van der Waals surface area contributed by atoms with E-state index in [-0.39, 0.29) is 11.9 Å². The van der Waals surface area contributed by atoms with Crippen molar-refractivity contribution in [2.75, 3.05) is 21.3 Å². The average Bonchev–Trinajstić information content (AvgIpc) is 2.82. The van der Waals surface area contributed by atoms with E-state index in [1.54, 1.807) is 33.5 Å². The first kappa shape index (κ1) is 20.8. The van der Waals surface area contributed by atoms with Gasteiger partial charge in [0, 0.05) is 6.54 Å². The number of methoxy groups -OCH3 is 3. The number of rotatable bonds is 5. The van der Waals surface area contributed by atoms with Crippen LogP contribution in [0.25, 0.3) is 21.5 Å². The quantitative estimate of drug-likeness (QED) is 0.332. The Morgan fingerprint density at radius 2 is 1.65 bits per heavy atom. The Morgan fingerprint density at radius 1 is 0.968 bits per heavy atom. The topological polar surface area (TPSA) is 48.0 Å². The second-order valence-corrected chi connectivity index (χ2v) is 7.59. The Labute approximate surface area is 182 Å². The minimum Gasteiger partial charge on any atom is -0.497 e. The summed E-state index contributed by atoms with van der Waals surface area (Å²) in [7, 11) is 4.95. The van der Waals surface area contributed by atoms with Gasteiger partial charge in [-0.1, -0.05) is 18.2 Å². The predicted octanol–water partition coefficient (Wildman–Crippen LogP) is 5.03. The minimum absolute atomic E-state index is 0.00730. The highest BCUT2D eigenvalue weighted by molar-refractivity contribution is 6.12. The van der Waals surface area contributed by atoms with Crippen molar-refractivity contribution in [2.45, 2.75) is 25.9 Å². The van der Waals surface area contributed by atoms with Gasteiger partial charge in [-0.2, -0.15) is 0 Å². The molecule has 3 aromatic rings. The van der Waals surface area contributed by atoms with Crippen molar-refractivity contribution >= 4 is 27.5 Å². The number of amides is 1. The second kappa shape index (κ2) is 8.34. The smallest absolute Gasteiger partial charge is 0.247 e. The fraction of sp³-hybridized carbons (Fsp3) is 0.269. The first-order valence-electron chi connectivity index (χ1n) is 10.3. The number of carbonyl (C=O) groups is 1. The second-order valence-electron chi connectivity index (χ2n) is 7.59. The molecule has 4 rings (SSSR count). The van der Waals surface area contributed by atoms with Crippen LogP contribution >= 0.6 is 0 Å². The summed E-state index contributed by atoms with van der Waals surface area (Å²) in [5.74, 6) is 2.14. The largest absolute Gasteiger partial charge is 0.497 e. The van der Waals surface area contributed by atoms with E-state index in [2.05, 4.69) is 12.6 Å². The van der Waals surface area contributed by atoms with Gasteiger partial charge in [0.15, 0.2) is 11.5 Å². The summed E-state index contributed by atoms with van der Waals surface area (Å²) in [6, 6.07) is 10.1. The summed E-state index contributed by atoms with van der Waals surface area (Å²) in [5, 5.41) is 4.33. The number of allylic oxidation sites excluding steroid dienone is 1. The molecule has 0 aromatic heterocycles. The molecule has 1 amide bonds. The van der Waals surface area contributed by atoms with Crippen LogP contribution in [0.1, 0.15) is 18.1 Å². The van der Waals surface area contributed by atoms with Gasteiger partial charge >= 0.3 is 0 Å². The molecular weight excluding hydrogens is 390 g/mol. The van der Waals surface area contributed by atoms with E-state index in [1.807, 2.05) is 42.2 Å². The van der Waals surface area contributed by atoms with Gasteiger partial charge in [-0.15, -0.1) is 6.58 Å². The fourth-order valence-corrected chi connectivity index (χ4v) is 4.52. The van der Waals surface area contributed by atoms with Crippen molar-refractivity contribution in [3.05, 3.63) is 66.3 Å². The van der Waals surface area contributed by atoms with E-state index in [1.165, 1.54) is 5.56 Å². The zero-order chi connectivity index (χ0) is 22.1. The van der Waals surface area contributed by atoms with Crippen LogP contribution in [-0.2, 0) is 17.8 Å². The molecule has 5 heteroatoms. The molecule has 0 radical (unpaired) electrons. The van der Waals surface area contributed by atoms with Crippen LogP contribution in [0.3, 0.4) is 0 Å². The van der Waals surface area contributed by atoms with Crippen molar-refractivity contribution in [1.29, 1.82) is 0 Å². The number of hydrogen-bond acceptors (Lipinski definition) is 4. The van der Waals surface area contributed by atoms with Gasteiger partial charge in [-0.05, 0) is 76.4 Å². The number of hydrogen-bond donors (Lipinski definition) is 0. The number of ether oxygens (including phenoxy) is 3. The Morgan fingerprint density at radius 3 is 2.26 bits per heavy atom. The molecule has 1 atom stereocenters. The summed E-state index contributed by atoms with van der Waals surface area (Å²) in [4.78, 5) is 14.7. The van der Waals surface area contributed by atoms with Crippen LogP contribution in [0.4, 0.5) is 0 Å². The maximum atomic E-state index is 12.8. The molecule has 31 heavy (non-hydrogen) atoms. The Kier molecular flexibility index (Phi) is 5.59. The molecule has 1 aliphatic heterocycles. The first-order chi connectivity index (χ1) is 15.1. The van der Waals surface area contributed by atoms with E-state index >= 15 is 0 Å². The van der Waals surface area contributed by atoms with Crippen LogP contribution in [0.5, 0.6) is 17.2 Å². The SMILES string of the molecule is C=CC1Cc2c(c3ccc(OC)cc3c3cc(OC)c(OC)cc23)CN1C(=O)C=CC. The first-order valence-corrected chi connectivity index (χ1v) is 10.3. The summed E-state index contributed by atoms with van der Waals surface area (Å²) in [6.45, 7) is 6.37. The molecule has 1 aliphatic rings. The number of benzene rings is 3. The van der Waals surface area contributed by atoms with Gasteiger partial charge in [0.25, 0.3) is 0 Å². The van der Waals surface area contributed by atoms with E-state index < -0.39 is 0 Å². The normalized spacial score (nSPS) is 15.9. The molecule has 0 aliphatic carbocycles. The summed E-state index contributed by atoms with van der Waals surface area (Å²) in [6.07, 6.45) is 5.94. The number of fused-ring (bicyclic) bond motifs is 6. The zero-order valence-corrected chi connectivity index (χ0v) is 18.4. The lowest BCUT2D eigenvalue weighted by atomic mass is 9.84. The van der Waals surface area contributed by atoms with Gasteiger partial charge in [0.2, 0.25) is 5.91 Å². The van der Waals surface area contributed by atoms with Crippen LogP contribution in [0.2, 0.25) is 0 Å². The fourth-order valence-electron chi connectivity index (χ4n) is 4.52. The van der Waals surface area contributed by atoms with Crippen molar-refractivity contribution in [3.8, 4) is 17.2 Å². The van der Waals surface area contributed by atoms with Crippen LogP contribution in [0, 0.1) is 0 Å². The van der Waals surface area contributed by atoms with Crippen LogP contribution in [-0.4, -0.2) is 38.2 Å². The molecule has 0 bridgehead atoms. The molecule has 1 unspecified atom stereocenters. The lowest BCUT2D eigenvalue weighted by Crippen LogP contribution is -2.42. The third-order valence-corrected chi connectivity index (χ3v) is 6.06. The maximum Gasteiger partial charge on any atom is 0.247 e. The highest BCUT2D eigenvalue weighted by atomic mass is 16.5. The van der Waals surface area contributed by atoms with Gasteiger partial charge in [-0.3, -0.25) is 4.79 Å². The number of carbonyl (C=O) groups excluding carboxylic acids is 1. The molecule has 3 aromatic carbocycles. The monoisotopic (exact) mass is 417 g/mol. The van der Waals surface area contributed by atoms with E-state index in [0.29, 0.717) is 24.5 Å². The number of nitrogens with zero attached hydrogens (tertiary/aromatic N) is 1. The van der Waals surface area contributed by atoms with Gasteiger partial charge in [-0.25, -0.2) is 0 Å². The third kappa shape index (κ3) is 3.40. The molecule has 160 valence electrons. The van der Waals surface area contributed by atoms with Crippen molar-refractivity contribution in [3.63, 3.8) is 0 Å². The minimum atomic E-state index is -0.0804. The highest BCUT2D eigenvalue weighted by Gasteiger charge is 2.30. The standard InChI is InChI=1S/C26H27NO4/c1-6-8-26(28)27-15-23-18-10-9-17(29-3)12-20(18)22-14-25(31-5)24(30-4)13-21(22)19(23)11-16(27)7-2/h6-10,12-14,16H,2,11,15H2,1,3-5H3. The molecule has 1 heterocycles. The Balaban J connectivity index is 2.07. The Bertz CT molecular complexity index is 1210. The molecule has 0 saturated heterocycles. The van der Waals surface area contributed by atoms with Gasteiger partial charge in [0.1, 0.15) is 5.75 Å².